The Kier molecular flexibility index (Phi) is 3.23. The Balaban J connectivity index is 2.54. The smallest absolute Gasteiger partial charge is 0.304 e. The second kappa shape index (κ2) is 4.42. The van der Waals surface area contributed by atoms with Gasteiger partial charge in [-0.2, -0.15) is 0 Å². The quantitative estimate of drug-likeness (QED) is 0.895. The molecule has 98 valence electrons. The van der Waals surface area contributed by atoms with Crippen molar-refractivity contribution in [1.29, 1.82) is 0 Å². The number of aliphatic carboxylic acids is 1. The van der Waals surface area contributed by atoms with Gasteiger partial charge in [0.05, 0.1) is 13.5 Å². The zero-order chi connectivity index (χ0) is 13.5. The molecule has 1 aliphatic carbocycles. The SMILES string of the molecule is COc1c(O)cc(Br)c(C2(CC(=O)O)CC2)c1F. The van der Waals surface area contributed by atoms with Crippen LogP contribution in [0, 0.1) is 5.82 Å². The van der Waals surface area contributed by atoms with E-state index in [1.807, 2.05) is 0 Å². The van der Waals surface area contributed by atoms with Crippen LogP contribution in [-0.4, -0.2) is 23.3 Å². The number of carboxylic acids is 1. The van der Waals surface area contributed by atoms with E-state index in [1.54, 1.807) is 0 Å². The first-order valence-corrected chi connectivity index (χ1v) is 6.18. The second-order valence-corrected chi connectivity index (χ2v) is 5.30. The molecule has 18 heavy (non-hydrogen) atoms. The third-order valence-corrected chi connectivity index (χ3v) is 3.86. The topological polar surface area (TPSA) is 66.8 Å². The summed E-state index contributed by atoms with van der Waals surface area (Å²) in [4.78, 5) is 10.9. The van der Waals surface area contributed by atoms with Crippen LogP contribution in [0.2, 0.25) is 0 Å². The predicted octanol–water partition coefficient (Wildman–Crippen LogP) is 2.81. The Morgan fingerprint density at radius 3 is 2.67 bits per heavy atom. The van der Waals surface area contributed by atoms with Crippen molar-refractivity contribution in [2.24, 2.45) is 0 Å². The summed E-state index contributed by atoms with van der Waals surface area (Å²) in [6.07, 6.45) is 1.10. The molecule has 0 spiro atoms. The average molecular weight is 319 g/mol. The predicted molar refractivity (Wildman–Crippen MR) is 65.5 cm³/mol. The van der Waals surface area contributed by atoms with E-state index >= 15 is 0 Å². The summed E-state index contributed by atoms with van der Waals surface area (Å²) in [6.45, 7) is 0. The van der Waals surface area contributed by atoms with Crippen LogP contribution in [0.4, 0.5) is 4.39 Å². The first-order valence-electron chi connectivity index (χ1n) is 5.38. The van der Waals surface area contributed by atoms with E-state index in [0.29, 0.717) is 17.3 Å². The molecule has 0 atom stereocenters. The first kappa shape index (κ1) is 13.1. The van der Waals surface area contributed by atoms with Crippen molar-refractivity contribution in [3.05, 3.63) is 21.9 Å². The first-order chi connectivity index (χ1) is 8.41. The number of phenolic OH excluding ortho intramolecular Hbond substituents is 1. The summed E-state index contributed by atoms with van der Waals surface area (Å²) in [5, 5.41) is 18.4. The Hall–Kier alpha value is -1.30. The van der Waals surface area contributed by atoms with Crippen molar-refractivity contribution >= 4 is 21.9 Å². The molecule has 0 aliphatic heterocycles. The van der Waals surface area contributed by atoms with E-state index in [1.165, 1.54) is 13.2 Å². The maximum absolute atomic E-state index is 14.3. The van der Waals surface area contributed by atoms with Crippen LogP contribution in [-0.2, 0) is 10.2 Å². The maximum atomic E-state index is 14.3. The fraction of sp³-hybridized carbons (Fsp3) is 0.417. The summed E-state index contributed by atoms with van der Waals surface area (Å²) < 4.78 is 19.5. The molecule has 0 saturated heterocycles. The van der Waals surface area contributed by atoms with Crippen LogP contribution in [0.15, 0.2) is 10.5 Å². The van der Waals surface area contributed by atoms with Crippen LogP contribution in [0.1, 0.15) is 24.8 Å². The number of aromatic hydroxyl groups is 1. The number of methoxy groups -OCH3 is 1. The number of rotatable bonds is 4. The molecule has 0 unspecified atom stereocenters. The van der Waals surface area contributed by atoms with Gasteiger partial charge < -0.3 is 14.9 Å². The summed E-state index contributed by atoms with van der Waals surface area (Å²) in [5.41, 5.74) is -0.407. The molecule has 1 aromatic rings. The van der Waals surface area contributed by atoms with Gasteiger partial charge in [0.15, 0.2) is 17.3 Å². The second-order valence-electron chi connectivity index (χ2n) is 4.45. The largest absolute Gasteiger partial charge is 0.504 e. The lowest BCUT2D eigenvalue weighted by molar-refractivity contribution is -0.137. The van der Waals surface area contributed by atoms with E-state index in [9.17, 15) is 14.3 Å². The van der Waals surface area contributed by atoms with E-state index < -0.39 is 17.2 Å². The lowest BCUT2D eigenvalue weighted by atomic mass is 9.91. The van der Waals surface area contributed by atoms with Crippen LogP contribution in [0.25, 0.3) is 0 Å². The number of benzene rings is 1. The van der Waals surface area contributed by atoms with Gasteiger partial charge in [-0.1, -0.05) is 15.9 Å². The molecule has 1 saturated carbocycles. The molecule has 2 N–H and O–H groups in total. The van der Waals surface area contributed by atoms with E-state index in [4.69, 9.17) is 9.84 Å². The lowest BCUT2D eigenvalue weighted by Gasteiger charge is -2.18. The van der Waals surface area contributed by atoms with Crippen LogP contribution < -0.4 is 4.74 Å². The monoisotopic (exact) mass is 318 g/mol. The van der Waals surface area contributed by atoms with E-state index in [2.05, 4.69) is 15.9 Å². The average Bonchev–Trinajstić information content (AvgIpc) is 2.96. The molecule has 0 heterocycles. The van der Waals surface area contributed by atoms with E-state index in [0.717, 1.165) is 0 Å². The van der Waals surface area contributed by atoms with Gasteiger partial charge in [0.2, 0.25) is 0 Å². The van der Waals surface area contributed by atoms with Crippen molar-refractivity contribution in [3.8, 4) is 11.5 Å². The highest BCUT2D eigenvalue weighted by molar-refractivity contribution is 9.10. The van der Waals surface area contributed by atoms with Crippen molar-refractivity contribution in [2.45, 2.75) is 24.7 Å². The number of ether oxygens (including phenoxy) is 1. The number of halogens is 2. The highest BCUT2D eigenvalue weighted by Gasteiger charge is 2.49. The summed E-state index contributed by atoms with van der Waals surface area (Å²) in [7, 11) is 1.26. The number of hydrogen-bond acceptors (Lipinski definition) is 3. The Morgan fingerprint density at radius 2 is 2.22 bits per heavy atom. The molecule has 0 aromatic heterocycles. The molecule has 6 heteroatoms. The molecule has 2 rings (SSSR count). The number of carbonyl (C=O) groups is 1. The summed E-state index contributed by atoms with van der Waals surface area (Å²) >= 11 is 3.18. The zero-order valence-electron chi connectivity index (χ0n) is 9.67. The highest BCUT2D eigenvalue weighted by atomic mass is 79.9. The molecular formula is C12H12BrFO4. The van der Waals surface area contributed by atoms with Gasteiger partial charge in [0, 0.05) is 15.5 Å². The standard InChI is InChI=1S/C12H12BrFO4/c1-18-11-7(15)4-6(13)9(10(11)14)12(2-3-12)5-8(16)17/h4,15H,2-3,5H2,1H3,(H,16,17). The summed E-state index contributed by atoms with van der Waals surface area (Å²) in [6, 6.07) is 1.33. The zero-order valence-corrected chi connectivity index (χ0v) is 11.3. The van der Waals surface area contributed by atoms with Gasteiger partial charge in [-0.15, -0.1) is 0 Å². The maximum Gasteiger partial charge on any atom is 0.304 e. The molecule has 1 aliphatic rings. The van der Waals surface area contributed by atoms with Gasteiger partial charge in [-0.05, 0) is 18.9 Å². The van der Waals surface area contributed by atoms with Gasteiger partial charge in [0.1, 0.15) is 0 Å². The van der Waals surface area contributed by atoms with Gasteiger partial charge >= 0.3 is 5.97 Å². The van der Waals surface area contributed by atoms with Crippen molar-refractivity contribution in [2.75, 3.05) is 7.11 Å². The minimum Gasteiger partial charge on any atom is -0.504 e. The van der Waals surface area contributed by atoms with Crippen LogP contribution >= 0.6 is 15.9 Å². The number of carboxylic acid groups (broad SMARTS) is 1. The van der Waals surface area contributed by atoms with Crippen LogP contribution in [0.3, 0.4) is 0 Å². The molecule has 0 amide bonds. The number of phenols is 1. The summed E-state index contributed by atoms with van der Waals surface area (Å²) in [5.74, 6) is -2.21. The third-order valence-electron chi connectivity index (χ3n) is 3.23. The van der Waals surface area contributed by atoms with Gasteiger partial charge in [0.25, 0.3) is 0 Å². The lowest BCUT2D eigenvalue weighted by Crippen LogP contribution is -2.16. The Labute approximate surface area is 112 Å². The normalized spacial score (nSPS) is 16.4. The van der Waals surface area contributed by atoms with Gasteiger partial charge in [-0.25, -0.2) is 4.39 Å². The molecule has 0 radical (unpaired) electrons. The number of hydrogen-bond donors (Lipinski definition) is 2. The minimum absolute atomic E-state index is 0.129. The molecule has 1 fully saturated rings. The Bertz CT molecular complexity index is 511. The van der Waals surface area contributed by atoms with Crippen LogP contribution in [0.5, 0.6) is 11.5 Å². The molecule has 4 nitrogen and oxygen atoms in total. The van der Waals surface area contributed by atoms with Crippen molar-refractivity contribution in [3.63, 3.8) is 0 Å². The fourth-order valence-corrected chi connectivity index (χ4v) is 3.04. The molecule has 1 aromatic carbocycles. The fourth-order valence-electron chi connectivity index (χ4n) is 2.22. The van der Waals surface area contributed by atoms with Crippen molar-refractivity contribution in [1.82, 2.24) is 0 Å². The Morgan fingerprint density at radius 1 is 1.61 bits per heavy atom. The minimum atomic E-state index is -0.967. The van der Waals surface area contributed by atoms with Gasteiger partial charge in [-0.3, -0.25) is 4.79 Å². The molecule has 0 bridgehead atoms. The highest BCUT2D eigenvalue weighted by Crippen LogP contribution is 2.56. The molecular weight excluding hydrogens is 307 g/mol. The third kappa shape index (κ3) is 2.05. The van der Waals surface area contributed by atoms with Crippen molar-refractivity contribution < 1.29 is 24.1 Å². The van der Waals surface area contributed by atoms with E-state index in [-0.39, 0.29) is 23.5 Å².